The number of anilines is 1. The van der Waals surface area contributed by atoms with Crippen molar-refractivity contribution in [3.8, 4) is 10.4 Å². The van der Waals surface area contributed by atoms with Gasteiger partial charge < -0.3 is 10.0 Å². The number of carbonyl (C=O) groups excluding carboxylic acids is 1. The lowest BCUT2D eigenvalue weighted by molar-refractivity contribution is 0.0703. The molecule has 23 heavy (non-hydrogen) atoms. The Morgan fingerprint density at radius 3 is 2.43 bits per heavy atom. The van der Waals surface area contributed by atoms with Gasteiger partial charge >= 0.3 is 5.97 Å². The number of nitrogens with zero attached hydrogens (tertiary/aromatic N) is 1. The number of rotatable bonds is 4. The smallest absolute Gasteiger partial charge is 0.348 e. The first-order chi connectivity index (χ1) is 11.1. The fourth-order valence-corrected chi connectivity index (χ4v) is 3.93. The predicted molar refractivity (Wildman–Crippen MR) is 93.8 cm³/mol. The maximum atomic E-state index is 12.5. The van der Waals surface area contributed by atoms with Crippen LogP contribution in [0.4, 0.5) is 5.69 Å². The van der Waals surface area contributed by atoms with Crippen LogP contribution < -0.4 is 4.90 Å². The highest BCUT2D eigenvalue weighted by atomic mass is 32.1. The third-order valence-electron chi connectivity index (χ3n) is 3.36. The Morgan fingerprint density at radius 1 is 1.09 bits per heavy atom. The van der Waals surface area contributed by atoms with E-state index < -0.39 is 5.97 Å². The first-order valence-electron chi connectivity index (χ1n) is 6.82. The molecule has 0 spiro atoms. The Labute approximate surface area is 141 Å². The first-order valence-corrected chi connectivity index (χ1v) is 8.51. The standard InChI is InChI=1S/C17H13NO3S2/c1-18(16(19)13-8-5-9-22-13)12-10-14(23-15(12)17(20)21)11-6-3-2-4-7-11/h2-10H,1H3,(H,20,21). The van der Waals surface area contributed by atoms with Gasteiger partial charge in [0.15, 0.2) is 0 Å². The van der Waals surface area contributed by atoms with Gasteiger partial charge in [-0.1, -0.05) is 36.4 Å². The van der Waals surface area contributed by atoms with Crippen molar-refractivity contribution in [3.63, 3.8) is 0 Å². The molecule has 0 radical (unpaired) electrons. The monoisotopic (exact) mass is 343 g/mol. The van der Waals surface area contributed by atoms with Crippen LogP contribution in [0.2, 0.25) is 0 Å². The number of hydrogen-bond acceptors (Lipinski definition) is 4. The van der Waals surface area contributed by atoms with Gasteiger partial charge in [0.25, 0.3) is 5.91 Å². The highest BCUT2D eigenvalue weighted by Gasteiger charge is 2.23. The summed E-state index contributed by atoms with van der Waals surface area (Å²) < 4.78 is 0. The van der Waals surface area contributed by atoms with Crippen LogP contribution >= 0.6 is 22.7 Å². The Hall–Kier alpha value is -2.44. The molecule has 3 aromatic rings. The number of benzene rings is 1. The molecule has 1 amide bonds. The summed E-state index contributed by atoms with van der Waals surface area (Å²) in [4.78, 5) is 27.0. The third kappa shape index (κ3) is 3.04. The Bertz CT molecular complexity index is 838. The molecule has 0 atom stereocenters. The fourth-order valence-electron chi connectivity index (χ4n) is 2.20. The summed E-state index contributed by atoms with van der Waals surface area (Å²) >= 11 is 2.51. The molecule has 0 fully saturated rings. The second-order valence-corrected chi connectivity index (χ2v) is 6.84. The van der Waals surface area contributed by atoms with Gasteiger partial charge in [-0.15, -0.1) is 22.7 Å². The van der Waals surface area contributed by atoms with E-state index in [0.29, 0.717) is 10.6 Å². The number of carbonyl (C=O) groups is 2. The lowest BCUT2D eigenvalue weighted by Gasteiger charge is -2.15. The SMILES string of the molecule is CN(C(=O)c1cccs1)c1cc(-c2ccccc2)sc1C(=O)O. The minimum atomic E-state index is -1.03. The highest BCUT2D eigenvalue weighted by molar-refractivity contribution is 7.18. The largest absolute Gasteiger partial charge is 0.477 e. The molecule has 1 N–H and O–H groups in total. The van der Waals surface area contributed by atoms with Crippen LogP contribution in [-0.2, 0) is 0 Å². The van der Waals surface area contributed by atoms with Gasteiger partial charge in [0.2, 0.25) is 0 Å². The Kier molecular flexibility index (Phi) is 4.27. The minimum Gasteiger partial charge on any atom is -0.477 e. The summed E-state index contributed by atoms with van der Waals surface area (Å²) in [6, 6.07) is 14.8. The number of carboxylic acid groups (broad SMARTS) is 1. The van der Waals surface area contributed by atoms with E-state index in [9.17, 15) is 14.7 Å². The zero-order chi connectivity index (χ0) is 16.4. The molecule has 116 valence electrons. The summed E-state index contributed by atoms with van der Waals surface area (Å²) in [5.74, 6) is -1.24. The summed E-state index contributed by atoms with van der Waals surface area (Å²) in [6.45, 7) is 0. The number of amides is 1. The van der Waals surface area contributed by atoms with Crippen molar-refractivity contribution in [3.05, 3.63) is 63.7 Å². The average molecular weight is 343 g/mol. The molecule has 0 aliphatic carbocycles. The van der Waals surface area contributed by atoms with Crippen molar-refractivity contribution in [2.45, 2.75) is 0 Å². The lowest BCUT2D eigenvalue weighted by atomic mass is 10.2. The van der Waals surface area contributed by atoms with Crippen LogP contribution in [0.5, 0.6) is 0 Å². The average Bonchev–Trinajstić information content (AvgIpc) is 3.24. The maximum Gasteiger partial charge on any atom is 0.348 e. The van der Waals surface area contributed by atoms with Gasteiger partial charge in [-0.2, -0.15) is 0 Å². The van der Waals surface area contributed by atoms with Gasteiger partial charge in [0.05, 0.1) is 10.6 Å². The van der Waals surface area contributed by atoms with Crippen molar-refractivity contribution in [1.29, 1.82) is 0 Å². The normalized spacial score (nSPS) is 10.5. The van der Waals surface area contributed by atoms with Gasteiger partial charge in [0.1, 0.15) is 4.88 Å². The van der Waals surface area contributed by atoms with Crippen LogP contribution in [0.25, 0.3) is 10.4 Å². The van der Waals surface area contributed by atoms with Gasteiger partial charge in [-0.25, -0.2) is 4.79 Å². The molecule has 0 aliphatic rings. The van der Waals surface area contributed by atoms with E-state index >= 15 is 0 Å². The van der Waals surface area contributed by atoms with Gasteiger partial charge in [-0.3, -0.25) is 4.79 Å². The summed E-state index contributed by atoms with van der Waals surface area (Å²) in [5, 5.41) is 11.3. The van der Waals surface area contributed by atoms with E-state index in [0.717, 1.165) is 10.4 Å². The van der Waals surface area contributed by atoms with E-state index in [-0.39, 0.29) is 10.8 Å². The molecule has 0 bridgehead atoms. The molecule has 4 nitrogen and oxygen atoms in total. The van der Waals surface area contributed by atoms with Crippen LogP contribution in [0, 0.1) is 0 Å². The van der Waals surface area contributed by atoms with Gasteiger partial charge in [-0.05, 0) is 23.1 Å². The zero-order valence-electron chi connectivity index (χ0n) is 12.2. The molecule has 0 unspecified atom stereocenters. The van der Waals surface area contributed by atoms with Crippen molar-refractivity contribution in [2.75, 3.05) is 11.9 Å². The van der Waals surface area contributed by atoms with Gasteiger partial charge in [0, 0.05) is 11.9 Å². The number of aromatic carboxylic acids is 1. The molecule has 0 saturated carbocycles. The maximum absolute atomic E-state index is 12.5. The molecule has 3 rings (SSSR count). The summed E-state index contributed by atoms with van der Waals surface area (Å²) in [7, 11) is 1.60. The molecular formula is C17H13NO3S2. The quantitative estimate of drug-likeness (QED) is 0.761. The second-order valence-electron chi connectivity index (χ2n) is 4.84. The van der Waals surface area contributed by atoms with E-state index in [2.05, 4.69) is 0 Å². The van der Waals surface area contributed by atoms with Crippen molar-refractivity contribution in [2.24, 2.45) is 0 Å². The predicted octanol–water partition coefficient (Wildman–Crippen LogP) is 4.45. The van der Waals surface area contributed by atoms with Crippen molar-refractivity contribution in [1.82, 2.24) is 0 Å². The minimum absolute atomic E-state index is 0.163. The highest BCUT2D eigenvalue weighted by Crippen LogP contribution is 2.37. The van der Waals surface area contributed by atoms with Crippen LogP contribution in [0.15, 0.2) is 53.9 Å². The Morgan fingerprint density at radius 2 is 1.83 bits per heavy atom. The van der Waals surface area contributed by atoms with E-state index in [1.54, 1.807) is 25.2 Å². The summed E-state index contributed by atoms with van der Waals surface area (Å²) in [5.41, 5.74) is 1.35. The second kappa shape index (κ2) is 6.36. The first kappa shape index (κ1) is 15.5. The van der Waals surface area contributed by atoms with Crippen LogP contribution in [0.3, 0.4) is 0 Å². The molecule has 1 aromatic carbocycles. The summed E-state index contributed by atoms with van der Waals surface area (Å²) in [6.07, 6.45) is 0. The number of carboxylic acids is 1. The van der Waals surface area contributed by atoms with Crippen LogP contribution in [-0.4, -0.2) is 24.0 Å². The lowest BCUT2D eigenvalue weighted by Crippen LogP contribution is -2.26. The van der Waals surface area contributed by atoms with E-state index in [4.69, 9.17) is 0 Å². The van der Waals surface area contributed by atoms with E-state index in [1.807, 2.05) is 35.7 Å². The molecule has 0 saturated heterocycles. The number of hydrogen-bond donors (Lipinski definition) is 1. The zero-order valence-corrected chi connectivity index (χ0v) is 13.9. The molecule has 6 heteroatoms. The van der Waals surface area contributed by atoms with Crippen molar-refractivity contribution >= 4 is 40.2 Å². The molecule has 2 aromatic heterocycles. The fraction of sp³-hybridized carbons (Fsp3) is 0.0588. The Balaban J connectivity index is 2.02. The molecular weight excluding hydrogens is 330 g/mol. The molecule has 2 heterocycles. The molecule has 0 aliphatic heterocycles. The van der Waals surface area contributed by atoms with E-state index in [1.165, 1.54) is 27.6 Å². The van der Waals surface area contributed by atoms with Crippen molar-refractivity contribution < 1.29 is 14.7 Å². The number of thiophene rings is 2. The third-order valence-corrected chi connectivity index (χ3v) is 5.38. The van der Waals surface area contributed by atoms with Crippen LogP contribution in [0.1, 0.15) is 19.3 Å². The topological polar surface area (TPSA) is 57.6 Å².